The first-order valence-corrected chi connectivity index (χ1v) is 6.49. The Morgan fingerprint density at radius 2 is 1.91 bits per heavy atom. The fraction of sp³-hybridized carbons (Fsp3) is 0.0667. The summed E-state index contributed by atoms with van der Waals surface area (Å²) >= 11 is 0. The third-order valence-electron chi connectivity index (χ3n) is 2.69. The number of amides is 2. The number of carbonyl (C=O) groups is 2. The van der Waals surface area contributed by atoms with E-state index >= 15 is 0 Å². The third kappa shape index (κ3) is 4.14. The normalized spacial score (nSPS) is 10.9. The Kier molecular flexibility index (Phi) is 4.81. The van der Waals surface area contributed by atoms with Crippen molar-refractivity contribution in [3.63, 3.8) is 0 Å². The summed E-state index contributed by atoms with van der Waals surface area (Å²) in [6.45, 7) is 1.81. The molecule has 0 aliphatic heterocycles. The fourth-order valence-corrected chi connectivity index (χ4v) is 1.61. The van der Waals surface area contributed by atoms with Crippen LogP contribution in [-0.4, -0.2) is 21.8 Å². The van der Waals surface area contributed by atoms with Crippen LogP contribution in [0, 0.1) is 6.92 Å². The predicted octanol–water partition coefficient (Wildman–Crippen LogP) is 0.954. The molecule has 1 aromatic carbocycles. The Hall–Kier alpha value is -3.22. The number of aromatic nitrogens is 2. The zero-order chi connectivity index (χ0) is 15.9. The molecule has 0 fully saturated rings. The Balaban J connectivity index is 2.11. The van der Waals surface area contributed by atoms with Gasteiger partial charge in [-0.15, -0.1) is 0 Å². The number of primary amides is 1. The zero-order valence-corrected chi connectivity index (χ0v) is 11.9. The van der Waals surface area contributed by atoms with Gasteiger partial charge in [0.05, 0.1) is 0 Å². The maximum Gasteiger partial charge on any atom is 0.266 e. The van der Waals surface area contributed by atoms with Crippen LogP contribution in [0.2, 0.25) is 0 Å². The molecule has 0 unspecified atom stereocenters. The van der Waals surface area contributed by atoms with E-state index in [0.717, 1.165) is 5.69 Å². The second kappa shape index (κ2) is 6.98. The van der Waals surface area contributed by atoms with E-state index in [4.69, 9.17) is 5.73 Å². The van der Waals surface area contributed by atoms with Crippen LogP contribution in [0.5, 0.6) is 0 Å². The van der Waals surface area contributed by atoms with Crippen molar-refractivity contribution in [2.75, 3.05) is 5.32 Å². The lowest BCUT2D eigenvalue weighted by atomic mass is 10.2. The smallest absolute Gasteiger partial charge is 0.266 e. The summed E-state index contributed by atoms with van der Waals surface area (Å²) in [4.78, 5) is 31.5. The molecule has 0 atom stereocenters. The van der Waals surface area contributed by atoms with Gasteiger partial charge in [0, 0.05) is 23.7 Å². The van der Waals surface area contributed by atoms with Crippen LogP contribution < -0.4 is 16.4 Å². The molecule has 0 bridgehead atoms. The quantitative estimate of drug-likeness (QED) is 0.712. The molecule has 0 aliphatic carbocycles. The highest BCUT2D eigenvalue weighted by molar-refractivity contribution is 6.02. The molecule has 1 heterocycles. The van der Waals surface area contributed by atoms with Gasteiger partial charge < -0.3 is 16.4 Å². The summed E-state index contributed by atoms with van der Waals surface area (Å²) in [5.41, 5.74) is 6.35. The SMILES string of the molecule is Cc1ccnc(N/C=C(\NC(=O)c2ccccc2)C(N)=O)n1. The number of nitrogens with two attached hydrogens (primary N) is 1. The van der Waals surface area contributed by atoms with Crippen molar-refractivity contribution in [1.29, 1.82) is 0 Å². The minimum atomic E-state index is -0.774. The van der Waals surface area contributed by atoms with Gasteiger partial charge >= 0.3 is 0 Å². The first-order chi connectivity index (χ1) is 10.6. The lowest BCUT2D eigenvalue weighted by Gasteiger charge is -2.07. The monoisotopic (exact) mass is 297 g/mol. The third-order valence-corrected chi connectivity index (χ3v) is 2.69. The Labute approximate surface area is 127 Å². The molecule has 7 nitrogen and oxygen atoms in total. The van der Waals surface area contributed by atoms with E-state index in [1.807, 2.05) is 6.92 Å². The Bertz CT molecular complexity index is 713. The number of nitrogens with zero attached hydrogens (tertiary/aromatic N) is 2. The minimum absolute atomic E-state index is 0.0843. The van der Waals surface area contributed by atoms with Crippen molar-refractivity contribution in [2.45, 2.75) is 6.92 Å². The van der Waals surface area contributed by atoms with E-state index in [-0.39, 0.29) is 5.70 Å². The highest BCUT2D eigenvalue weighted by Crippen LogP contribution is 2.02. The number of carbonyl (C=O) groups excluding carboxylic acids is 2. The van der Waals surface area contributed by atoms with Crippen LogP contribution in [0.15, 0.2) is 54.5 Å². The van der Waals surface area contributed by atoms with Crippen molar-refractivity contribution >= 4 is 17.8 Å². The first-order valence-electron chi connectivity index (χ1n) is 6.49. The van der Waals surface area contributed by atoms with Crippen LogP contribution in [0.1, 0.15) is 16.1 Å². The second-order valence-electron chi connectivity index (χ2n) is 4.41. The molecule has 7 heteroatoms. The standard InChI is InChI=1S/C15H15N5O2/c1-10-7-8-17-15(19-10)18-9-12(13(16)21)20-14(22)11-5-3-2-4-6-11/h2-9H,1H3,(H2,16,21)(H,20,22)(H,17,18,19)/b12-9-. The zero-order valence-electron chi connectivity index (χ0n) is 11.9. The van der Waals surface area contributed by atoms with Gasteiger partial charge in [-0.05, 0) is 25.1 Å². The Morgan fingerprint density at radius 1 is 1.18 bits per heavy atom. The fourth-order valence-electron chi connectivity index (χ4n) is 1.61. The molecule has 22 heavy (non-hydrogen) atoms. The molecule has 1 aromatic heterocycles. The molecule has 2 aromatic rings. The summed E-state index contributed by atoms with van der Waals surface area (Å²) in [7, 11) is 0. The summed E-state index contributed by atoms with van der Waals surface area (Å²) in [6.07, 6.45) is 2.84. The van der Waals surface area contributed by atoms with E-state index in [1.54, 1.807) is 42.6 Å². The number of rotatable bonds is 5. The molecular weight excluding hydrogens is 282 g/mol. The molecule has 112 valence electrons. The number of benzene rings is 1. The van der Waals surface area contributed by atoms with Gasteiger partial charge in [-0.3, -0.25) is 9.59 Å². The van der Waals surface area contributed by atoms with Crippen molar-refractivity contribution in [3.8, 4) is 0 Å². The first kappa shape index (κ1) is 15.2. The van der Waals surface area contributed by atoms with Crippen LogP contribution in [0.4, 0.5) is 5.95 Å². The van der Waals surface area contributed by atoms with E-state index in [0.29, 0.717) is 11.5 Å². The maximum atomic E-state index is 12.0. The molecule has 0 saturated heterocycles. The van der Waals surface area contributed by atoms with Crippen molar-refractivity contribution in [2.24, 2.45) is 5.73 Å². The molecule has 0 spiro atoms. The lowest BCUT2D eigenvalue weighted by Crippen LogP contribution is -2.31. The summed E-state index contributed by atoms with van der Waals surface area (Å²) in [5, 5.41) is 5.17. The molecule has 0 radical (unpaired) electrons. The molecule has 0 aliphatic rings. The average Bonchev–Trinajstić information content (AvgIpc) is 2.52. The second-order valence-corrected chi connectivity index (χ2v) is 4.41. The van der Waals surface area contributed by atoms with Gasteiger partial charge in [-0.25, -0.2) is 9.97 Å². The van der Waals surface area contributed by atoms with Gasteiger partial charge in [0.25, 0.3) is 11.8 Å². The van der Waals surface area contributed by atoms with Crippen molar-refractivity contribution < 1.29 is 9.59 Å². The van der Waals surface area contributed by atoms with Crippen LogP contribution in [0.3, 0.4) is 0 Å². The number of nitrogens with one attached hydrogen (secondary N) is 2. The minimum Gasteiger partial charge on any atom is -0.364 e. The van der Waals surface area contributed by atoms with Gasteiger partial charge in [0.15, 0.2) is 0 Å². The molecule has 2 amide bonds. The summed E-state index contributed by atoms with van der Waals surface area (Å²) in [5.74, 6) is -0.908. The van der Waals surface area contributed by atoms with E-state index < -0.39 is 11.8 Å². The van der Waals surface area contributed by atoms with Crippen LogP contribution >= 0.6 is 0 Å². The average molecular weight is 297 g/mol. The summed E-state index contributed by atoms with van der Waals surface area (Å²) in [6, 6.07) is 10.2. The van der Waals surface area contributed by atoms with Crippen molar-refractivity contribution in [3.05, 3.63) is 65.7 Å². The van der Waals surface area contributed by atoms with Gasteiger partial charge in [-0.1, -0.05) is 18.2 Å². The van der Waals surface area contributed by atoms with Crippen LogP contribution in [-0.2, 0) is 4.79 Å². The molecule has 2 rings (SSSR count). The molecule has 0 saturated carbocycles. The van der Waals surface area contributed by atoms with E-state index in [2.05, 4.69) is 20.6 Å². The number of hydrogen-bond acceptors (Lipinski definition) is 5. The maximum absolute atomic E-state index is 12.0. The lowest BCUT2D eigenvalue weighted by molar-refractivity contribution is -0.114. The molecular formula is C15H15N5O2. The largest absolute Gasteiger partial charge is 0.364 e. The highest BCUT2D eigenvalue weighted by Gasteiger charge is 2.11. The topological polar surface area (TPSA) is 110 Å². The summed E-state index contributed by atoms with van der Waals surface area (Å²) < 4.78 is 0. The number of aryl methyl sites for hydroxylation is 1. The predicted molar refractivity (Wildman–Crippen MR) is 81.6 cm³/mol. The van der Waals surface area contributed by atoms with Gasteiger partial charge in [-0.2, -0.15) is 0 Å². The highest BCUT2D eigenvalue weighted by atomic mass is 16.2. The Morgan fingerprint density at radius 3 is 2.55 bits per heavy atom. The van der Waals surface area contributed by atoms with Gasteiger partial charge in [0.1, 0.15) is 5.70 Å². The van der Waals surface area contributed by atoms with E-state index in [1.165, 1.54) is 6.20 Å². The number of hydrogen-bond donors (Lipinski definition) is 3. The van der Waals surface area contributed by atoms with Crippen molar-refractivity contribution in [1.82, 2.24) is 15.3 Å². The molecule has 4 N–H and O–H groups in total. The number of anilines is 1. The van der Waals surface area contributed by atoms with Gasteiger partial charge in [0.2, 0.25) is 5.95 Å². The van der Waals surface area contributed by atoms with Crippen LogP contribution in [0.25, 0.3) is 0 Å². The van der Waals surface area contributed by atoms with E-state index in [9.17, 15) is 9.59 Å².